The summed E-state index contributed by atoms with van der Waals surface area (Å²) in [5.41, 5.74) is 1.35. The lowest BCUT2D eigenvalue weighted by Crippen LogP contribution is -2.35. The third kappa shape index (κ3) is 5.24. The molecule has 0 fully saturated rings. The lowest BCUT2D eigenvalue weighted by atomic mass is 10.2. The van der Waals surface area contributed by atoms with Gasteiger partial charge in [0.2, 0.25) is 5.91 Å². The average molecular weight is 417 g/mol. The quantitative estimate of drug-likeness (QED) is 0.484. The molecular weight excluding hydrogens is 396 g/mol. The van der Waals surface area contributed by atoms with Gasteiger partial charge in [0.05, 0.1) is 22.5 Å². The van der Waals surface area contributed by atoms with Gasteiger partial charge in [0.15, 0.2) is 0 Å². The number of hydrogen-bond donors (Lipinski definition) is 3. The molecule has 0 aliphatic rings. The van der Waals surface area contributed by atoms with Gasteiger partial charge in [0, 0.05) is 12.8 Å². The minimum absolute atomic E-state index is 0.00173. The molecule has 3 rings (SSSR count). The number of methoxy groups -OCH3 is 1. The smallest absolute Gasteiger partial charge is 0.246 e. The maximum atomic E-state index is 11.6. The van der Waals surface area contributed by atoms with Gasteiger partial charge in [0.1, 0.15) is 36.4 Å². The summed E-state index contributed by atoms with van der Waals surface area (Å²) in [7, 11) is 1.46. The molecule has 152 valence electrons. The van der Waals surface area contributed by atoms with E-state index in [-0.39, 0.29) is 29.4 Å². The Morgan fingerprint density at radius 3 is 2.86 bits per heavy atom. The van der Waals surface area contributed by atoms with Crippen LogP contribution in [-0.2, 0) is 9.53 Å². The zero-order valence-corrected chi connectivity index (χ0v) is 16.7. The number of phenols is 1. The molecule has 0 saturated heterocycles. The monoisotopic (exact) mass is 416 g/mol. The molecule has 0 bridgehead atoms. The maximum absolute atomic E-state index is 11.6. The second-order valence-electron chi connectivity index (χ2n) is 6.33. The van der Waals surface area contributed by atoms with Gasteiger partial charge in [-0.25, -0.2) is 9.97 Å². The summed E-state index contributed by atoms with van der Waals surface area (Å²) in [5, 5.41) is 16.4. The standard InChI is InChI=1S/C20H21ClN4O4/c1-12(9-22-18(27)10-28-2)29-17-5-3-4-15-19(17)20(24-11-23-15)25-13-6-7-16(26)14(21)8-13/h3-8,11-12,26H,9-10H2,1-2H3,(H,22,27)(H,23,24,25)/t12-/m1/s1. The Hall–Kier alpha value is -3.10. The molecular formula is C20H21ClN4O4. The molecule has 0 aliphatic carbocycles. The second-order valence-corrected chi connectivity index (χ2v) is 6.74. The van der Waals surface area contributed by atoms with Crippen molar-refractivity contribution < 1.29 is 19.4 Å². The second kappa shape index (κ2) is 9.40. The van der Waals surface area contributed by atoms with Crippen LogP contribution in [0.4, 0.5) is 11.5 Å². The highest BCUT2D eigenvalue weighted by atomic mass is 35.5. The number of aromatic hydroxyl groups is 1. The van der Waals surface area contributed by atoms with E-state index >= 15 is 0 Å². The zero-order chi connectivity index (χ0) is 20.8. The summed E-state index contributed by atoms with van der Waals surface area (Å²) in [4.78, 5) is 20.2. The number of fused-ring (bicyclic) bond motifs is 1. The van der Waals surface area contributed by atoms with Gasteiger partial charge in [-0.1, -0.05) is 17.7 Å². The van der Waals surface area contributed by atoms with Gasteiger partial charge in [-0.2, -0.15) is 0 Å². The van der Waals surface area contributed by atoms with E-state index in [1.54, 1.807) is 12.1 Å². The van der Waals surface area contributed by atoms with E-state index < -0.39 is 0 Å². The van der Waals surface area contributed by atoms with Gasteiger partial charge < -0.3 is 25.2 Å². The number of carbonyl (C=O) groups is 1. The van der Waals surface area contributed by atoms with E-state index in [1.807, 2.05) is 25.1 Å². The van der Waals surface area contributed by atoms with Crippen molar-refractivity contribution in [1.82, 2.24) is 15.3 Å². The van der Waals surface area contributed by atoms with Gasteiger partial charge in [-0.15, -0.1) is 0 Å². The summed E-state index contributed by atoms with van der Waals surface area (Å²) in [6, 6.07) is 10.3. The van der Waals surface area contributed by atoms with Crippen LogP contribution in [-0.4, -0.2) is 47.3 Å². The van der Waals surface area contributed by atoms with Crippen LogP contribution < -0.4 is 15.4 Å². The number of phenolic OH excluding ortho intramolecular Hbond substituents is 1. The Kier molecular flexibility index (Phi) is 6.69. The number of aromatic nitrogens is 2. The Balaban J connectivity index is 1.84. The predicted octanol–water partition coefficient (Wildman–Crippen LogP) is 3.26. The molecule has 1 heterocycles. The molecule has 2 aromatic carbocycles. The molecule has 9 heteroatoms. The van der Waals surface area contributed by atoms with Crippen LogP contribution in [0.15, 0.2) is 42.7 Å². The molecule has 0 aliphatic heterocycles. The number of ether oxygens (including phenoxy) is 2. The van der Waals surface area contributed by atoms with Gasteiger partial charge in [-0.3, -0.25) is 4.79 Å². The van der Waals surface area contributed by atoms with Crippen LogP contribution in [0.1, 0.15) is 6.92 Å². The number of carbonyl (C=O) groups excluding carboxylic acids is 1. The van der Waals surface area contributed by atoms with E-state index in [9.17, 15) is 9.90 Å². The number of nitrogens with one attached hydrogen (secondary N) is 2. The Labute approximate surface area is 172 Å². The molecule has 1 atom stereocenters. The number of anilines is 2. The average Bonchev–Trinajstić information content (AvgIpc) is 2.70. The maximum Gasteiger partial charge on any atom is 0.246 e. The van der Waals surface area contributed by atoms with Crippen LogP contribution in [0.5, 0.6) is 11.5 Å². The van der Waals surface area contributed by atoms with Crippen LogP contribution in [0.2, 0.25) is 5.02 Å². The summed E-state index contributed by atoms with van der Waals surface area (Å²) < 4.78 is 10.8. The first-order chi connectivity index (χ1) is 14.0. The number of rotatable bonds is 8. The molecule has 1 aromatic heterocycles. The number of amides is 1. The normalized spacial score (nSPS) is 11.8. The highest BCUT2D eigenvalue weighted by molar-refractivity contribution is 6.32. The molecule has 3 aromatic rings. The molecule has 0 radical (unpaired) electrons. The zero-order valence-electron chi connectivity index (χ0n) is 16.0. The van der Waals surface area contributed by atoms with Crippen molar-refractivity contribution in [3.05, 3.63) is 47.7 Å². The van der Waals surface area contributed by atoms with Gasteiger partial charge in [0.25, 0.3) is 0 Å². The van der Waals surface area contributed by atoms with Crippen molar-refractivity contribution in [2.24, 2.45) is 0 Å². The van der Waals surface area contributed by atoms with E-state index in [4.69, 9.17) is 21.1 Å². The van der Waals surface area contributed by atoms with Gasteiger partial charge >= 0.3 is 0 Å². The van der Waals surface area contributed by atoms with E-state index in [1.165, 1.54) is 19.5 Å². The number of hydrogen-bond acceptors (Lipinski definition) is 7. The highest BCUT2D eigenvalue weighted by Gasteiger charge is 2.14. The van der Waals surface area contributed by atoms with Crippen molar-refractivity contribution in [3.63, 3.8) is 0 Å². The van der Waals surface area contributed by atoms with Crippen molar-refractivity contribution in [2.45, 2.75) is 13.0 Å². The van der Waals surface area contributed by atoms with Crippen molar-refractivity contribution in [2.75, 3.05) is 25.6 Å². The van der Waals surface area contributed by atoms with E-state index in [0.29, 0.717) is 34.7 Å². The first-order valence-corrected chi connectivity index (χ1v) is 9.27. The summed E-state index contributed by atoms with van der Waals surface area (Å²) in [6.45, 7) is 2.17. The molecule has 29 heavy (non-hydrogen) atoms. The van der Waals surface area contributed by atoms with Gasteiger partial charge in [-0.05, 0) is 37.3 Å². The fourth-order valence-corrected chi connectivity index (χ4v) is 2.87. The molecule has 1 amide bonds. The van der Waals surface area contributed by atoms with E-state index in [2.05, 4.69) is 20.6 Å². The minimum atomic E-state index is -0.294. The Morgan fingerprint density at radius 1 is 1.28 bits per heavy atom. The third-order valence-corrected chi connectivity index (χ3v) is 4.33. The minimum Gasteiger partial charge on any atom is -0.506 e. The van der Waals surface area contributed by atoms with Crippen molar-refractivity contribution >= 4 is 39.9 Å². The lowest BCUT2D eigenvalue weighted by molar-refractivity contribution is -0.125. The molecule has 3 N–H and O–H groups in total. The molecule has 0 spiro atoms. The van der Waals surface area contributed by atoms with Crippen LogP contribution in [0.25, 0.3) is 10.9 Å². The number of benzene rings is 2. The first kappa shape index (κ1) is 20.6. The predicted molar refractivity (Wildman–Crippen MR) is 111 cm³/mol. The first-order valence-electron chi connectivity index (χ1n) is 8.89. The fraction of sp³-hybridized carbons (Fsp3) is 0.250. The largest absolute Gasteiger partial charge is 0.506 e. The summed E-state index contributed by atoms with van der Waals surface area (Å²) in [6.07, 6.45) is 1.16. The van der Waals surface area contributed by atoms with Crippen LogP contribution in [0, 0.1) is 0 Å². The van der Waals surface area contributed by atoms with E-state index in [0.717, 1.165) is 0 Å². The SMILES string of the molecule is COCC(=O)NC[C@@H](C)Oc1cccc2ncnc(Nc3ccc(O)c(Cl)c3)c12. The van der Waals surface area contributed by atoms with Crippen LogP contribution >= 0.6 is 11.6 Å². The van der Waals surface area contributed by atoms with Crippen molar-refractivity contribution in [3.8, 4) is 11.5 Å². The highest BCUT2D eigenvalue weighted by Crippen LogP contribution is 2.33. The Bertz CT molecular complexity index is 1010. The summed E-state index contributed by atoms with van der Waals surface area (Å²) >= 11 is 5.99. The van der Waals surface area contributed by atoms with Crippen LogP contribution in [0.3, 0.4) is 0 Å². The number of halogens is 1. The molecule has 8 nitrogen and oxygen atoms in total. The Morgan fingerprint density at radius 2 is 2.10 bits per heavy atom. The molecule has 0 saturated carbocycles. The number of nitrogens with zero attached hydrogens (tertiary/aromatic N) is 2. The van der Waals surface area contributed by atoms with Crippen molar-refractivity contribution in [1.29, 1.82) is 0 Å². The lowest BCUT2D eigenvalue weighted by Gasteiger charge is -2.18. The summed E-state index contributed by atoms with van der Waals surface area (Å²) in [5.74, 6) is 0.890. The topological polar surface area (TPSA) is 106 Å². The fourth-order valence-electron chi connectivity index (χ4n) is 2.69. The molecule has 0 unspecified atom stereocenters. The third-order valence-electron chi connectivity index (χ3n) is 4.03.